The van der Waals surface area contributed by atoms with Gasteiger partial charge >= 0.3 is 12.2 Å². The zero-order valence-corrected chi connectivity index (χ0v) is 16.0. The van der Waals surface area contributed by atoms with Gasteiger partial charge < -0.3 is 20.7 Å². The molecule has 2 atom stereocenters. The minimum atomic E-state index is -4.59. The number of amides is 3. The molecule has 1 aromatic heterocycles. The summed E-state index contributed by atoms with van der Waals surface area (Å²) in [5, 5.41) is 6.31. The molecule has 2 heterocycles. The summed E-state index contributed by atoms with van der Waals surface area (Å²) in [6.45, 7) is -1.64. The molecule has 2 aromatic rings. The maximum atomic E-state index is 14.6. The highest BCUT2D eigenvalue weighted by Crippen LogP contribution is 2.29. The van der Waals surface area contributed by atoms with Crippen LogP contribution in [0, 0.1) is 11.6 Å². The number of carbonyl (C=O) groups is 2. The molecule has 8 nitrogen and oxygen atoms in total. The Bertz CT molecular complexity index is 989. The molecule has 2 unspecified atom stereocenters. The van der Waals surface area contributed by atoms with Gasteiger partial charge in [-0.15, -0.1) is 0 Å². The number of rotatable bonds is 6. The molecule has 166 valence electrons. The van der Waals surface area contributed by atoms with Crippen LogP contribution < -0.4 is 20.7 Å². The van der Waals surface area contributed by atoms with Crippen LogP contribution in [0.25, 0.3) is 0 Å². The Kier molecular flexibility index (Phi) is 6.43. The number of carbonyl (C=O) groups excluding carboxylic acids is 2. The monoisotopic (exact) mass is 465 g/mol. The predicted octanol–water partition coefficient (Wildman–Crippen LogP) is 2.24. The van der Waals surface area contributed by atoms with Crippen LogP contribution in [0.2, 0.25) is 5.02 Å². The highest BCUT2D eigenvalue weighted by Gasteiger charge is 2.32. The molecule has 1 aliphatic heterocycles. The van der Waals surface area contributed by atoms with Gasteiger partial charge in [-0.05, 0) is 6.07 Å². The third kappa shape index (κ3) is 5.48. The van der Waals surface area contributed by atoms with Gasteiger partial charge in [0.15, 0.2) is 6.61 Å². The van der Waals surface area contributed by atoms with Crippen molar-refractivity contribution in [3.05, 3.63) is 52.4 Å². The molecule has 0 aliphatic carbocycles. The first-order valence-corrected chi connectivity index (χ1v) is 8.92. The fraction of sp³-hybridized carbons (Fsp3) is 0.294. The number of alkyl halides is 3. The zero-order valence-electron chi connectivity index (χ0n) is 15.3. The van der Waals surface area contributed by atoms with Crippen LogP contribution in [0.4, 0.5) is 26.7 Å². The molecule has 1 saturated heterocycles. The van der Waals surface area contributed by atoms with Gasteiger partial charge in [-0.2, -0.15) is 13.2 Å². The first-order chi connectivity index (χ1) is 14.5. The molecule has 3 N–H and O–H groups in total. The van der Waals surface area contributed by atoms with E-state index in [0.29, 0.717) is 0 Å². The number of nitrogens with zero attached hydrogens (tertiary/aromatic N) is 2. The molecule has 1 fully saturated rings. The van der Waals surface area contributed by atoms with Crippen molar-refractivity contribution in [3.8, 4) is 5.88 Å². The quantitative estimate of drug-likeness (QED) is 0.448. The van der Waals surface area contributed by atoms with Crippen molar-refractivity contribution in [1.82, 2.24) is 25.9 Å². The van der Waals surface area contributed by atoms with Gasteiger partial charge in [-0.25, -0.2) is 18.6 Å². The van der Waals surface area contributed by atoms with E-state index in [9.17, 15) is 31.5 Å². The lowest BCUT2D eigenvalue weighted by atomic mass is 10.0. The fourth-order valence-electron chi connectivity index (χ4n) is 2.64. The third-order valence-electron chi connectivity index (χ3n) is 4.08. The molecular formula is C17H13ClF5N5O3. The first-order valence-electron chi connectivity index (χ1n) is 8.55. The van der Waals surface area contributed by atoms with Crippen molar-refractivity contribution in [2.75, 3.05) is 13.2 Å². The van der Waals surface area contributed by atoms with Crippen LogP contribution in [0.1, 0.15) is 17.3 Å². The van der Waals surface area contributed by atoms with Gasteiger partial charge in [0.05, 0.1) is 18.1 Å². The zero-order chi connectivity index (χ0) is 22.8. The SMILES string of the molecule is O=C1NCC(C(=O)NC(c2cnc(OCC(F)(F)F)cn2)c2ccc(F)c(Cl)c2F)N1. The third-order valence-corrected chi connectivity index (χ3v) is 4.43. The molecular weight excluding hydrogens is 453 g/mol. The Labute approximate surface area is 176 Å². The van der Waals surface area contributed by atoms with Crippen LogP contribution in [0.15, 0.2) is 24.5 Å². The lowest BCUT2D eigenvalue weighted by Gasteiger charge is -2.21. The van der Waals surface area contributed by atoms with Gasteiger partial charge in [0.25, 0.3) is 0 Å². The van der Waals surface area contributed by atoms with Crippen LogP contribution in [-0.4, -0.2) is 47.3 Å². The second kappa shape index (κ2) is 8.88. The molecule has 3 rings (SSSR count). The molecule has 14 heteroatoms. The molecule has 3 amide bonds. The smallest absolute Gasteiger partial charge is 0.422 e. The minimum Gasteiger partial charge on any atom is -0.467 e. The lowest BCUT2D eigenvalue weighted by molar-refractivity contribution is -0.154. The van der Waals surface area contributed by atoms with Gasteiger partial charge in [0.1, 0.15) is 28.7 Å². The molecule has 0 radical (unpaired) electrons. The number of hydrogen-bond acceptors (Lipinski definition) is 5. The summed E-state index contributed by atoms with van der Waals surface area (Å²) < 4.78 is 69.4. The Balaban J connectivity index is 1.89. The van der Waals surface area contributed by atoms with Crippen LogP contribution in [-0.2, 0) is 4.79 Å². The van der Waals surface area contributed by atoms with Crippen molar-refractivity contribution in [3.63, 3.8) is 0 Å². The van der Waals surface area contributed by atoms with E-state index >= 15 is 0 Å². The van der Waals surface area contributed by atoms with E-state index in [1.165, 1.54) is 0 Å². The highest BCUT2D eigenvalue weighted by atomic mass is 35.5. The van der Waals surface area contributed by atoms with Crippen molar-refractivity contribution in [1.29, 1.82) is 0 Å². The standard InChI is InChI=1S/C17H13ClF5N5O3/c18-12-8(19)2-1-7(13(12)20)14(28-15(29)10-4-26-16(30)27-10)9-3-25-11(5-24-9)31-6-17(21,22)23/h1-3,5,10,14H,4,6H2,(H,28,29)(H2,26,27,30). The minimum absolute atomic E-state index is 0.0417. The predicted molar refractivity (Wildman–Crippen MR) is 95.3 cm³/mol. The summed E-state index contributed by atoms with van der Waals surface area (Å²) in [5.41, 5.74) is -0.387. The molecule has 0 saturated carbocycles. The number of halogens is 6. The Morgan fingerprint density at radius 3 is 2.61 bits per heavy atom. The molecule has 0 bridgehead atoms. The van der Waals surface area contributed by atoms with Gasteiger partial charge in [-0.3, -0.25) is 9.78 Å². The van der Waals surface area contributed by atoms with Crippen LogP contribution in [0.3, 0.4) is 0 Å². The van der Waals surface area contributed by atoms with E-state index in [4.69, 9.17) is 11.6 Å². The Morgan fingerprint density at radius 1 is 1.29 bits per heavy atom. The summed E-state index contributed by atoms with van der Waals surface area (Å²) in [6.07, 6.45) is -2.79. The van der Waals surface area contributed by atoms with E-state index < -0.39 is 59.3 Å². The molecule has 1 aromatic carbocycles. The maximum Gasteiger partial charge on any atom is 0.422 e. The number of hydrogen-bond donors (Lipinski definition) is 3. The fourth-order valence-corrected chi connectivity index (χ4v) is 2.81. The van der Waals surface area contributed by atoms with Crippen LogP contribution in [0.5, 0.6) is 5.88 Å². The normalized spacial score (nSPS) is 17.0. The van der Waals surface area contributed by atoms with Crippen molar-refractivity contribution in [2.45, 2.75) is 18.3 Å². The number of aromatic nitrogens is 2. The second-order valence-electron chi connectivity index (χ2n) is 6.30. The second-order valence-corrected chi connectivity index (χ2v) is 6.67. The maximum absolute atomic E-state index is 14.6. The number of nitrogens with one attached hydrogen (secondary N) is 3. The summed E-state index contributed by atoms with van der Waals surface area (Å²) in [7, 11) is 0. The van der Waals surface area contributed by atoms with Gasteiger partial charge in [0.2, 0.25) is 11.8 Å². The largest absolute Gasteiger partial charge is 0.467 e. The molecule has 31 heavy (non-hydrogen) atoms. The van der Waals surface area contributed by atoms with Gasteiger partial charge in [-0.1, -0.05) is 17.7 Å². The summed E-state index contributed by atoms with van der Waals surface area (Å²) >= 11 is 5.61. The Morgan fingerprint density at radius 2 is 2.03 bits per heavy atom. The average Bonchev–Trinajstić information content (AvgIpc) is 3.16. The van der Waals surface area contributed by atoms with Crippen molar-refractivity contribution < 1.29 is 36.3 Å². The number of benzene rings is 1. The van der Waals surface area contributed by atoms with E-state index in [1.807, 2.05) is 0 Å². The first kappa shape index (κ1) is 22.5. The van der Waals surface area contributed by atoms with Crippen molar-refractivity contribution >= 4 is 23.5 Å². The highest BCUT2D eigenvalue weighted by molar-refractivity contribution is 6.31. The average molecular weight is 466 g/mol. The topological polar surface area (TPSA) is 105 Å². The summed E-state index contributed by atoms with van der Waals surface area (Å²) in [5.74, 6) is -3.42. The summed E-state index contributed by atoms with van der Waals surface area (Å²) in [4.78, 5) is 31.3. The Hall–Kier alpha value is -3.22. The van der Waals surface area contributed by atoms with Gasteiger partial charge in [0, 0.05) is 12.1 Å². The number of urea groups is 1. The van der Waals surface area contributed by atoms with Crippen LogP contribution >= 0.6 is 11.6 Å². The summed E-state index contributed by atoms with van der Waals surface area (Å²) in [6, 6.07) is -1.04. The number of ether oxygens (including phenoxy) is 1. The molecule has 1 aliphatic rings. The molecule has 0 spiro atoms. The lowest BCUT2D eigenvalue weighted by Crippen LogP contribution is -2.44. The van der Waals surface area contributed by atoms with E-state index in [0.717, 1.165) is 24.5 Å². The van der Waals surface area contributed by atoms with E-state index in [2.05, 4.69) is 30.7 Å². The van der Waals surface area contributed by atoms with E-state index in [-0.39, 0.29) is 17.8 Å². The van der Waals surface area contributed by atoms with E-state index in [1.54, 1.807) is 0 Å². The van der Waals surface area contributed by atoms with Crippen molar-refractivity contribution in [2.24, 2.45) is 0 Å².